The molecule has 0 fully saturated rings. The molecule has 0 aliphatic rings. The number of thiazole rings is 1. The lowest BCUT2D eigenvalue weighted by Crippen LogP contribution is -2.41. The first kappa shape index (κ1) is 23.7. The maximum Gasteiger partial charge on any atom is 0.244 e. The number of carbonyl (C=O) groups is 1. The highest BCUT2D eigenvalue weighted by atomic mass is 35.5. The summed E-state index contributed by atoms with van der Waals surface area (Å²) in [6.45, 7) is 8.66. The summed E-state index contributed by atoms with van der Waals surface area (Å²) in [6.07, 6.45) is 0. The topological polar surface area (TPSA) is 70.6 Å². The number of amides is 1. The van der Waals surface area contributed by atoms with Crippen molar-refractivity contribution in [1.82, 2.24) is 9.88 Å². The van der Waals surface area contributed by atoms with Gasteiger partial charge in [0.1, 0.15) is 5.75 Å². The fourth-order valence-corrected chi connectivity index (χ4v) is 5.66. The molecule has 0 aliphatic carbocycles. The molecule has 0 aliphatic heterocycles. The van der Waals surface area contributed by atoms with Crippen LogP contribution in [0.5, 0.6) is 0 Å². The average molecular weight is 480 g/mol. The number of sulfone groups is 1. The van der Waals surface area contributed by atoms with Crippen molar-refractivity contribution >= 4 is 54.0 Å². The molecule has 9 heteroatoms. The third-order valence-corrected chi connectivity index (χ3v) is 7.99. The fraction of sp³-hybridized carbons (Fsp3) is 0.364. The molecule has 0 saturated carbocycles. The number of fused-ring (bicyclic) bond motifs is 1. The van der Waals surface area contributed by atoms with E-state index in [1.165, 1.54) is 28.4 Å². The number of likely N-dealkylation sites (N-methyl/N-ethyl adjacent to an activating group) is 1. The van der Waals surface area contributed by atoms with E-state index in [4.69, 9.17) is 11.6 Å². The molecule has 0 spiro atoms. The predicted octanol–water partition coefficient (Wildman–Crippen LogP) is 4.41. The number of hydrogen-bond donors (Lipinski definition) is 0. The van der Waals surface area contributed by atoms with Gasteiger partial charge in [0.2, 0.25) is 5.91 Å². The van der Waals surface area contributed by atoms with Crippen molar-refractivity contribution in [3.63, 3.8) is 0 Å². The van der Waals surface area contributed by atoms with Crippen molar-refractivity contribution < 1.29 is 13.2 Å². The summed E-state index contributed by atoms with van der Waals surface area (Å²) >= 11 is 7.42. The van der Waals surface area contributed by atoms with Crippen LogP contribution < -0.4 is 4.90 Å². The molecular weight excluding hydrogens is 454 g/mol. The van der Waals surface area contributed by atoms with Gasteiger partial charge in [-0.15, -0.1) is 0 Å². The zero-order valence-corrected chi connectivity index (χ0v) is 20.2. The molecule has 0 unspecified atom stereocenters. The van der Waals surface area contributed by atoms with E-state index < -0.39 is 21.5 Å². The maximum absolute atomic E-state index is 13.2. The molecular formula is C22H26ClN3O3S2. The van der Waals surface area contributed by atoms with E-state index >= 15 is 0 Å². The van der Waals surface area contributed by atoms with E-state index in [9.17, 15) is 13.2 Å². The summed E-state index contributed by atoms with van der Waals surface area (Å²) in [5, 5.41) is 1.07. The second-order valence-corrected chi connectivity index (χ2v) is 10.7. The van der Waals surface area contributed by atoms with Gasteiger partial charge in [-0.25, -0.2) is 13.4 Å². The number of benzene rings is 2. The van der Waals surface area contributed by atoms with E-state index in [-0.39, 0.29) is 4.90 Å². The Balaban J connectivity index is 1.90. The van der Waals surface area contributed by atoms with Crippen molar-refractivity contribution in [2.24, 2.45) is 0 Å². The Labute approximate surface area is 192 Å². The van der Waals surface area contributed by atoms with Crippen LogP contribution >= 0.6 is 22.9 Å². The largest absolute Gasteiger partial charge is 0.302 e. The van der Waals surface area contributed by atoms with Crippen molar-refractivity contribution in [1.29, 1.82) is 0 Å². The number of aromatic nitrogens is 1. The lowest BCUT2D eigenvalue weighted by atomic mass is 10.2. The van der Waals surface area contributed by atoms with Crippen LogP contribution in [0.25, 0.3) is 10.2 Å². The van der Waals surface area contributed by atoms with Crippen molar-refractivity contribution in [2.45, 2.75) is 25.7 Å². The molecule has 0 saturated heterocycles. The Morgan fingerprint density at radius 1 is 1.06 bits per heavy atom. The molecule has 1 heterocycles. The quantitative estimate of drug-likeness (QED) is 0.454. The lowest BCUT2D eigenvalue weighted by Gasteiger charge is -2.24. The molecule has 3 rings (SSSR count). The molecule has 0 bridgehead atoms. The van der Waals surface area contributed by atoms with Crippen LogP contribution in [0.3, 0.4) is 0 Å². The van der Waals surface area contributed by atoms with Crippen LogP contribution in [0, 0.1) is 6.92 Å². The Morgan fingerprint density at radius 3 is 2.39 bits per heavy atom. The van der Waals surface area contributed by atoms with Gasteiger partial charge >= 0.3 is 0 Å². The summed E-state index contributed by atoms with van der Waals surface area (Å²) < 4.78 is 26.6. The third-order valence-electron chi connectivity index (χ3n) is 5.10. The second-order valence-electron chi connectivity index (χ2n) is 7.25. The zero-order chi connectivity index (χ0) is 22.6. The molecule has 0 atom stereocenters. The number of hydrogen-bond acceptors (Lipinski definition) is 6. The van der Waals surface area contributed by atoms with E-state index in [1.54, 1.807) is 30.3 Å². The van der Waals surface area contributed by atoms with Gasteiger partial charge in [-0.1, -0.05) is 54.5 Å². The van der Waals surface area contributed by atoms with E-state index in [1.807, 2.05) is 6.92 Å². The zero-order valence-electron chi connectivity index (χ0n) is 17.8. The van der Waals surface area contributed by atoms with Crippen LogP contribution in [0.15, 0.2) is 47.4 Å². The standard InChI is InChI=1S/C22H26ClN3O3S2/c1-4-25(5-2)12-13-26(22-24-19-11-8-17(23)14-20(19)30-22)21(27)15-31(28,29)18-9-6-16(3)7-10-18/h6-11,14H,4-5,12-13,15H2,1-3H3. The number of halogens is 1. The third kappa shape index (κ3) is 5.83. The first-order valence-electron chi connectivity index (χ1n) is 10.1. The van der Waals surface area contributed by atoms with Crippen LogP contribution in [0.4, 0.5) is 5.13 Å². The summed E-state index contributed by atoms with van der Waals surface area (Å²) in [4.78, 5) is 21.6. The normalized spacial score (nSPS) is 11.9. The highest BCUT2D eigenvalue weighted by Crippen LogP contribution is 2.31. The maximum atomic E-state index is 13.2. The molecule has 3 aromatic rings. The second kappa shape index (κ2) is 10.1. The first-order chi connectivity index (χ1) is 14.7. The molecule has 0 N–H and O–H groups in total. The molecule has 1 amide bonds. The highest BCUT2D eigenvalue weighted by Gasteiger charge is 2.27. The van der Waals surface area contributed by atoms with Gasteiger partial charge in [-0.3, -0.25) is 9.69 Å². The number of anilines is 1. The number of nitrogens with zero attached hydrogens (tertiary/aromatic N) is 3. The average Bonchev–Trinajstić information content (AvgIpc) is 3.13. The Bertz CT molecular complexity index is 1160. The van der Waals surface area contributed by atoms with Crippen LogP contribution in [0.1, 0.15) is 19.4 Å². The molecule has 166 valence electrons. The fourth-order valence-electron chi connectivity index (χ4n) is 3.18. The molecule has 0 radical (unpaired) electrons. The van der Waals surface area contributed by atoms with Gasteiger partial charge < -0.3 is 4.90 Å². The summed E-state index contributed by atoms with van der Waals surface area (Å²) in [6, 6.07) is 11.9. The minimum Gasteiger partial charge on any atom is -0.302 e. The first-order valence-corrected chi connectivity index (χ1v) is 13.0. The highest BCUT2D eigenvalue weighted by molar-refractivity contribution is 7.92. The van der Waals surface area contributed by atoms with E-state index in [0.717, 1.165) is 28.9 Å². The Hall–Kier alpha value is -2.00. The molecule has 6 nitrogen and oxygen atoms in total. The SMILES string of the molecule is CCN(CC)CCN(C(=O)CS(=O)(=O)c1ccc(C)cc1)c1nc2ccc(Cl)cc2s1. The van der Waals surface area contributed by atoms with Crippen molar-refractivity contribution in [2.75, 3.05) is 36.8 Å². The summed E-state index contributed by atoms with van der Waals surface area (Å²) in [7, 11) is -3.76. The number of aryl methyl sites for hydroxylation is 1. The van der Waals surface area contributed by atoms with Gasteiger partial charge in [-0.2, -0.15) is 0 Å². The molecule has 1 aromatic heterocycles. The smallest absolute Gasteiger partial charge is 0.244 e. The monoisotopic (exact) mass is 479 g/mol. The van der Waals surface area contributed by atoms with Crippen molar-refractivity contribution in [3.8, 4) is 0 Å². The number of carbonyl (C=O) groups excluding carboxylic acids is 1. The Morgan fingerprint density at radius 2 is 1.74 bits per heavy atom. The van der Waals surface area contributed by atoms with Crippen molar-refractivity contribution in [3.05, 3.63) is 53.1 Å². The minimum absolute atomic E-state index is 0.145. The van der Waals surface area contributed by atoms with Gasteiger partial charge in [0.15, 0.2) is 15.0 Å². The Kier molecular flexibility index (Phi) is 7.69. The van der Waals surface area contributed by atoms with Crippen LogP contribution in [0.2, 0.25) is 5.02 Å². The van der Waals surface area contributed by atoms with Gasteiger partial charge in [0.05, 0.1) is 15.1 Å². The lowest BCUT2D eigenvalue weighted by molar-refractivity contribution is -0.116. The molecule has 31 heavy (non-hydrogen) atoms. The van der Waals surface area contributed by atoms with Crippen LogP contribution in [-0.2, 0) is 14.6 Å². The predicted molar refractivity (Wildman–Crippen MR) is 128 cm³/mol. The van der Waals surface area contributed by atoms with E-state index in [2.05, 4.69) is 23.7 Å². The van der Waals surface area contributed by atoms with Gasteiger partial charge in [-0.05, 0) is 50.3 Å². The summed E-state index contributed by atoms with van der Waals surface area (Å²) in [5.41, 5.74) is 1.69. The van der Waals surface area contributed by atoms with Crippen LogP contribution in [-0.4, -0.2) is 56.1 Å². The summed E-state index contributed by atoms with van der Waals surface area (Å²) in [5.74, 6) is -1.09. The van der Waals surface area contributed by atoms with E-state index in [0.29, 0.717) is 23.2 Å². The number of rotatable bonds is 9. The minimum atomic E-state index is -3.76. The van der Waals surface area contributed by atoms with Gasteiger partial charge in [0.25, 0.3) is 0 Å². The van der Waals surface area contributed by atoms with Gasteiger partial charge in [0, 0.05) is 18.1 Å². The molecule has 2 aromatic carbocycles.